The summed E-state index contributed by atoms with van der Waals surface area (Å²) in [7, 11) is 0. The fourth-order valence-corrected chi connectivity index (χ4v) is 1.94. The van der Waals surface area contributed by atoms with Crippen LogP contribution in [0.1, 0.15) is 15.9 Å². The van der Waals surface area contributed by atoms with Gasteiger partial charge in [0.05, 0.1) is 0 Å². The van der Waals surface area contributed by atoms with Gasteiger partial charge in [-0.25, -0.2) is 4.39 Å². The molecule has 0 aliphatic heterocycles. The Morgan fingerprint density at radius 2 is 1.81 bits per heavy atom. The van der Waals surface area contributed by atoms with Crippen LogP contribution in [-0.2, 0) is 11.2 Å². The van der Waals surface area contributed by atoms with E-state index in [2.05, 4.69) is 5.32 Å². The van der Waals surface area contributed by atoms with Crippen LogP contribution in [0.2, 0.25) is 0 Å². The van der Waals surface area contributed by atoms with Gasteiger partial charge in [-0.05, 0) is 23.8 Å². The molecular weight excluding hydrogens is 271 g/mol. The van der Waals surface area contributed by atoms with Crippen molar-refractivity contribution in [3.8, 4) is 0 Å². The highest BCUT2D eigenvalue weighted by atomic mass is 19.1. The van der Waals surface area contributed by atoms with Gasteiger partial charge in [0.25, 0.3) is 5.91 Å². The zero-order valence-corrected chi connectivity index (χ0v) is 11.3. The number of nitrogens with one attached hydrogen (secondary N) is 1. The first-order valence-electron chi connectivity index (χ1n) is 6.46. The molecule has 108 valence electrons. The van der Waals surface area contributed by atoms with Crippen LogP contribution in [0.15, 0.2) is 54.6 Å². The Hall–Kier alpha value is -2.69. The SMILES string of the molecule is NC(=O)[C@@H](Cc1ccccc1)NC(=O)c1cccc(F)c1. The number of nitrogens with two attached hydrogens (primary N) is 1. The van der Waals surface area contributed by atoms with Crippen LogP contribution < -0.4 is 11.1 Å². The van der Waals surface area contributed by atoms with Crippen molar-refractivity contribution >= 4 is 11.8 Å². The van der Waals surface area contributed by atoms with Crippen molar-refractivity contribution in [2.45, 2.75) is 12.5 Å². The Bertz CT molecular complexity index is 644. The molecule has 1 atom stereocenters. The summed E-state index contributed by atoms with van der Waals surface area (Å²) in [6, 6.07) is 13.6. The molecule has 0 saturated carbocycles. The molecule has 0 unspecified atom stereocenters. The largest absolute Gasteiger partial charge is 0.368 e. The van der Waals surface area contributed by atoms with Gasteiger partial charge in [0.2, 0.25) is 5.91 Å². The number of rotatable bonds is 5. The lowest BCUT2D eigenvalue weighted by molar-refractivity contribution is -0.119. The van der Waals surface area contributed by atoms with Crippen molar-refractivity contribution in [3.63, 3.8) is 0 Å². The molecule has 0 bridgehead atoms. The second-order valence-electron chi connectivity index (χ2n) is 4.63. The molecule has 21 heavy (non-hydrogen) atoms. The van der Waals surface area contributed by atoms with Gasteiger partial charge in [-0.15, -0.1) is 0 Å². The van der Waals surface area contributed by atoms with Gasteiger partial charge < -0.3 is 11.1 Å². The average molecular weight is 286 g/mol. The lowest BCUT2D eigenvalue weighted by atomic mass is 10.0. The van der Waals surface area contributed by atoms with E-state index < -0.39 is 23.7 Å². The summed E-state index contributed by atoms with van der Waals surface area (Å²) in [5, 5.41) is 2.53. The number of amides is 2. The summed E-state index contributed by atoms with van der Waals surface area (Å²) in [5.74, 6) is -1.68. The first-order valence-corrected chi connectivity index (χ1v) is 6.46. The molecule has 0 radical (unpaired) electrons. The predicted molar refractivity (Wildman–Crippen MR) is 77.0 cm³/mol. The first-order chi connectivity index (χ1) is 10.1. The third-order valence-electron chi connectivity index (χ3n) is 3.02. The van der Waals surface area contributed by atoms with Gasteiger partial charge in [-0.3, -0.25) is 9.59 Å². The van der Waals surface area contributed by atoms with Gasteiger partial charge in [0.1, 0.15) is 11.9 Å². The normalized spacial score (nSPS) is 11.7. The third kappa shape index (κ3) is 4.14. The molecule has 0 aliphatic rings. The molecule has 2 amide bonds. The van der Waals surface area contributed by atoms with Gasteiger partial charge in [-0.1, -0.05) is 36.4 Å². The maximum Gasteiger partial charge on any atom is 0.252 e. The Kier molecular flexibility index (Phi) is 4.66. The smallest absolute Gasteiger partial charge is 0.252 e. The summed E-state index contributed by atoms with van der Waals surface area (Å²) in [6.45, 7) is 0. The van der Waals surface area contributed by atoms with Crippen molar-refractivity contribution in [1.82, 2.24) is 5.32 Å². The predicted octanol–water partition coefficient (Wildman–Crippen LogP) is 1.65. The lowest BCUT2D eigenvalue weighted by Crippen LogP contribution is -2.45. The highest BCUT2D eigenvalue weighted by Gasteiger charge is 2.19. The van der Waals surface area contributed by atoms with E-state index >= 15 is 0 Å². The summed E-state index contributed by atoms with van der Waals surface area (Å²) >= 11 is 0. The Balaban J connectivity index is 2.10. The van der Waals surface area contributed by atoms with E-state index in [1.807, 2.05) is 30.3 Å². The van der Waals surface area contributed by atoms with Crippen LogP contribution in [0.3, 0.4) is 0 Å². The number of hydrogen-bond donors (Lipinski definition) is 2. The second-order valence-corrected chi connectivity index (χ2v) is 4.63. The maximum atomic E-state index is 13.1. The Morgan fingerprint density at radius 3 is 2.43 bits per heavy atom. The zero-order chi connectivity index (χ0) is 15.2. The summed E-state index contributed by atoms with van der Waals surface area (Å²) < 4.78 is 13.1. The van der Waals surface area contributed by atoms with Crippen LogP contribution >= 0.6 is 0 Å². The monoisotopic (exact) mass is 286 g/mol. The minimum Gasteiger partial charge on any atom is -0.368 e. The Morgan fingerprint density at radius 1 is 1.10 bits per heavy atom. The molecule has 0 aromatic heterocycles. The fourth-order valence-electron chi connectivity index (χ4n) is 1.94. The molecule has 3 N–H and O–H groups in total. The minimum atomic E-state index is -0.844. The third-order valence-corrected chi connectivity index (χ3v) is 3.02. The number of benzene rings is 2. The summed E-state index contributed by atoms with van der Waals surface area (Å²) in [5.41, 5.74) is 6.34. The molecule has 2 aromatic carbocycles. The fraction of sp³-hybridized carbons (Fsp3) is 0.125. The van der Waals surface area contributed by atoms with Crippen LogP contribution in [0.4, 0.5) is 4.39 Å². The summed E-state index contributed by atoms with van der Waals surface area (Å²) in [4.78, 5) is 23.5. The topological polar surface area (TPSA) is 72.2 Å². The molecular formula is C16H15FN2O2. The molecule has 0 fully saturated rings. The molecule has 5 heteroatoms. The first kappa shape index (κ1) is 14.7. The van der Waals surface area contributed by atoms with Gasteiger partial charge in [0.15, 0.2) is 0 Å². The number of primary amides is 1. The van der Waals surface area contributed by atoms with Crippen LogP contribution in [0.25, 0.3) is 0 Å². The van der Waals surface area contributed by atoms with Gasteiger partial charge in [-0.2, -0.15) is 0 Å². The number of halogens is 1. The molecule has 0 spiro atoms. The molecule has 0 heterocycles. The molecule has 4 nitrogen and oxygen atoms in total. The number of carbonyl (C=O) groups excluding carboxylic acids is 2. The molecule has 2 aromatic rings. The van der Waals surface area contributed by atoms with E-state index in [1.165, 1.54) is 18.2 Å². The van der Waals surface area contributed by atoms with E-state index in [0.29, 0.717) is 0 Å². The molecule has 2 rings (SSSR count). The highest BCUT2D eigenvalue weighted by Crippen LogP contribution is 2.06. The van der Waals surface area contributed by atoms with E-state index in [1.54, 1.807) is 0 Å². The van der Waals surface area contributed by atoms with Crippen LogP contribution in [-0.4, -0.2) is 17.9 Å². The highest BCUT2D eigenvalue weighted by molar-refractivity contribution is 5.97. The van der Waals surface area contributed by atoms with Crippen molar-refractivity contribution < 1.29 is 14.0 Å². The van der Waals surface area contributed by atoms with Gasteiger partial charge >= 0.3 is 0 Å². The molecule has 0 saturated heterocycles. The average Bonchev–Trinajstić information content (AvgIpc) is 2.47. The van der Waals surface area contributed by atoms with Crippen molar-refractivity contribution in [2.75, 3.05) is 0 Å². The van der Waals surface area contributed by atoms with E-state index in [0.717, 1.165) is 11.6 Å². The van der Waals surface area contributed by atoms with Gasteiger partial charge in [0, 0.05) is 12.0 Å². The number of carbonyl (C=O) groups is 2. The quantitative estimate of drug-likeness (QED) is 0.877. The van der Waals surface area contributed by atoms with Crippen molar-refractivity contribution in [3.05, 3.63) is 71.5 Å². The molecule has 0 aliphatic carbocycles. The number of hydrogen-bond acceptors (Lipinski definition) is 2. The minimum absolute atomic E-state index is 0.148. The standard InChI is InChI=1S/C16H15FN2O2/c17-13-8-4-7-12(10-13)16(21)19-14(15(18)20)9-11-5-2-1-3-6-11/h1-8,10,14H,9H2,(H2,18,20)(H,19,21)/t14-/m1/s1. The van der Waals surface area contributed by atoms with Crippen LogP contribution in [0, 0.1) is 5.82 Å². The zero-order valence-electron chi connectivity index (χ0n) is 11.3. The van der Waals surface area contributed by atoms with Crippen molar-refractivity contribution in [1.29, 1.82) is 0 Å². The lowest BCUT2D eigenvalue weighted by Gasteiger charge is -2.15. The second kappa shape index (κ2) is 6.65. The van der Waals surface area contributed by atoms with E-state index in [-0.39, 0.29) is 12.0 Å². The van der Waals surface area contributed by atoms with E-state index in [9.17, 15) is 14.0 Å². The summed E-state index contributed by atoms with van der Waals surface area (Å²) in [6.07, 6.45) is 0.289. The maximum absolute atomic E-state index is 13.1. The van der Waals surface area contributed by atoms with Crippen LogP contribution in [0.5, 0.6) is 0 Å². The van der Waals surface area contributed by atoms with E-state index in [4.69, 9.17) is 5.73 Å². The van der Waals surface area contributed by atoms with Crippen molar-refractivity contribution in [2.24, 2.45) is 5.73 Å². The Labute approximate surface area is 121 Å².